The van der Waals surface area contributed by atoms with Gasteiger partial charge >= 0.3 is 6.09 Å². The lowest BCUT2D eigenvalue weighted by molar-refractivity contribution is 0.0629. The monoisotopic (exact) mass is 579 g/mol. The number of fused-ring (bicyclic) bond motifs is 3. The molecule has 2 aromatic heterocycles. The fourth-order valence-electron chi connectivity index (χ4n) is 5.32. The van der Waals surface area contributed by atoms with Crippen molar-refractivity contribution in [2.45, 2.75) is 38.3 Å². The molecule has 2 aromatic carbocycles. The van der Waals surface area contributed by atoms with Gasteiger partial charge in [0.05, 0.1) is 19.5 Å². The highest BCUT2D eigenvalue weighted by atomic mass is 35.5. The lowest BCUT2D eigenvalue weighted by Crippen LogP contribution is -2.41. The number of aryl methyl sites for hydroxylation is 1. The second kappa shape index (κ2) is 14.4. The number of H-pyrrole nitrogens is 1. The molecule has 1 atom stereocenters. The van der Waals surface area contributed by atoms with E-state index in [1.54, 1.807) is 12.0 Å². The van der Waals surface area contributed by atoms with E-state index >= 15 is 0 Å². The van der Waals surface area contributed by atoms with Crippen molar-refractivity contribution in [1.29, 1.82) is 0 Å². The molecule has 4 aromatic rings. The molecule has 0 spiro atoms. The van der Waals surface area contributed by atoms with Crippen molar-refractivity contribution in [2.75, 3.05) is 46.6 Å². The van der Waals surface area contributed by atoms with Crippen LogP contribution in [-0.4, -0.2) is 72.1 Å². The predicted molar refractivity (Wildman–Crippen MR) is 160 cm³/mol. The number of amides is 1. The van der Waals surface area contributed by atoms with Crippen LogP contribution in [0, 0.1) is 0 Å². The molecule has 0 saturated carbocycles. The maximum atomic E-state index is 13.1. The third-order valence-electron chi connectivity index (χ3n) is 7.38. The maximum absolute atomic E-state index is 13.1. The topological polar surface area (TPSA) is 93.6 Å². The number of rotatable bonds is 14. The number of methoxy groups -OCH3 is 1. The molecule has 5 rings (SSSR count). The van der Waals surface area contributed by atoms with Gasteiger partial charge in [-0.1, -0.05) is 23.7 Å². The van der Waals surface area contributed by atoms with Crippen LogP contribution < -0.4 is 10.1 Å². The van der Waals surface area contributed by atoms with Crippen molar-refractivity contribution >= 4 is 28.6 Å². The van der Waals surface area contributed by atoms with Crippen LogP contribution in [0.5, 0.6) is 5.75 Å². The number of imidazole rings is 1. The lowest BCUT2D eigenvalue weighted by atomic mass is 9.92. The Morgan fingerprint density at radius 1 is 1.10 bits per heavy atom. The smallest absolute Gasteiger partial charge is 0.410 e. The van der Waals surface area contributed by atoms with Crippen molar-refractivity contribution in [3.8, 4) is 5.75 Å². The van der Waals surface area contributed by atoms with Crippen LogP contribution >= 0.6 is 11.6 Å². The molecule has 1 amide bonds. The molecule has 2 N–H and O–H groups in total. The van der Waals surface area contributed by atoms with E-state index in [4.69, 9.17) is 25.8 Å². The van der Waals surface area contributed by atoms with Gasteiger partial charge in [-0.3, -0.25) is 4.90 Å². The van der Waals surface area contributed by atoms with Crippen molar-refractivity contribution in [3.63, 3.8) is 0 Å². The van der Waals surface area contributed by atoms with Crippen molar-refractivity contribution in [1.82, 2.24) is 24.8 Å². The zero-order chi connectivity index (χ0) is 28.4. The second-order valence-corrected chi connectivity index (χ2v) is 10.6. The van der Waals surface area contributed by atoms with E-state index in [9.17, 15) is 4.79 Å². The average Bonchev–Trinajstić information content (AvgIpc) is 3.64. The molecule has 1 unspecified atom stereocenters. The minimum Gasteiger partial charge on any atom is -0.494 e. The molecule has 10 heteroatoms. The van der Waals surface area contributed by atoms with E-state index < -0.39 is 0 Å². The zero-order valence-electron chi connectivity index (χ0n) is 23.5. The van der Waals surface area contributed by atoms with E-state index in [1.807, 2.05) is 61.2 Å². The summed E-state index contributed by atoms with van der Waals surface area (Å²) in [7, 11) is 1.59. The Morgan fingerprint density at radius 3 is 2.76 bits per heavy atom. The summed E-state index contributed by atoms with van der Waals surface area (Å²) in [5, 5.41) is 5.28. The number of hydrogen-bond donors (Lipinski definition) is 2. The molecule has 41 heavy (non-hydrogen) atoms. The summed E-state index contributed by atoms with van der Waals surface area (Å²) in [5.41, 5.74) is 4.17. The first kappa shape index (κ1) is 29.0. The normalized spacial score (nSPS) is 14.8. The van der Waals surface area contributed by atoms with Gasteiger partial charge in [-0.05, 0) is 80.2 Å². The molecule has 9 nitrogen and oxygen atoms in total. The third kappa shape index (κ3) is 7.41. The number of unbranched alkanes of at least 4 members (excludes halogenated alkanes) is 1. The van der Waals surface area contributed by atoms with Crippen LogP contribution in [0.3, 0.4) is 0 Å². The molecule has 1 aliphatic heterocycles. The fraction of sp³-hybridized carbons (Fsp3) is 0.419. The molecular formula is C31H38ClN5O4. The van der Waals surface area contributed by atoms with Gasteiger partial charge < -0.3 is 29.1 Å². The molecule has 218 valence electrons. The van der Waals surface area contributed by atoms with Crippen LogP contribution in [0.4, 0.5) is 4.79 Å². The number of aromatic nitrogens is 3. The minimum absolute atomic E-state index is 0.210. The van der Waals surface area contributed by atoms with E-state index in [-0.39, 0.29) is 18.7 Å². The quantitative estimate of drug-likeness (QED) is 0.189. The van der Waals surface area contributed by atoms with Crippen LogP contribution in [0.15, 0.2) is 61.2 Å². The summed E-state index contributed by atoms with van der Waals surface area (Å²) in [6, 6.07) is 13.6. The maximum Gasteiger partial charge on any atom is 0.410 e. The van der Waals surface area contributed by atoms with Gasteiger partial charge in [0.25, 0.3) is 0 Å². The minimum atomic E-state index is -0.356. The Morgan fingerprint density at radius 2 is 1.95 bits per heavy atom. The fourth-order valence-corrected chi connectivity index (χ4v) is 5.49. The number of aromatic amines is 1. The molecule has 0 saturated heterocycles. The van der Waals surface area contributed by atoms with Gasteiger partial charge in [0.15, 0.2) is 0 Å². The standard InChI is InChI=1S/C31H38ClN5O4/c1-39-19-20-41-31(38)37-16-11-26-27-21-24(32)7-10-28(27)35-29(26)30(37)23-5-8-25(9-6-23)40-18-3-2-12-33-13-4-15-36-17-14-34-22-36/h5-10,14,17,21-22,30,33,35H,2-4,11-13,15-16,18-20H2,1H3. The van der Waals surface area contributed by atoms with Gasteiger partial charge in [-0.2, -0.15) is 0 Å². The molecule has 1 aliphatic rings. The molecule has 0 fully saturated rings. The predicted octanol–water partition coefficient (Wildman–Crippen LogP) is 5.59. The number of carbonyl (C=O) groups excluding carboxylic acids is 1. The Kier molecular flexibility index (Phi) is 10.2. The summed E-state index contributed by atoms with van der Waals surface area (Å²) in [4.78, 5) is 22.5. The average molecular weight is 580 g/mol. The first-order chi connectivity index (χ1) is 20.1. The van der Waals surface area contributed by atoms with Crippen LogP contribution in [0.25, 0.3) is 10.9 Å². The Balaban J connectivity index is 1.18. The van der Waals surface area contributed by atoms with Gasteiger partial charge in [0.2, 0.25) is 0 Å². The number of halogens is 1. The van der Waals surface area contributed by atoms with Gasteiger partial charge in [0.1, 0.15) is 18.4 Å². The highest BCUT2D eigenvalue weighted by molar-refractivity contribution is 6.31. The highest BCUT2D eigenvalue weighted by Gasteiger charge is 2.35. The molecule has 0 aliphatic carbocycles. The number of benzene rings is 2. The Hall–Kier alpha value is -3.53. The molecule has 0 bridgehead atoms. The van der Waals surface area contributed by atoms with E-state index in [0.29, 0.717) is 31.2 Å². The third-order valence-corrected chi connectivity index (χ3v) is 7.61. The summed E-state index contributed by atoms with van der Waals surface area (Å²) < 4.78 is 18.7. The van der Waals surface area contributed by atoms with E-state index in [0.717, 1.165) is 66.8 Å². The number of hydrogen-bond acceptors (Lipinski definition) is 6. The van der Waals surface area contributed by atoms with Crippen LogP contribution in [0.2, 0.25) is 5.02 Å². The SMILES string of the molecule is COCCOC(=O)N1CCc2c([nH]c3ccc(Cl)cc23)C1c1ccc(OCCCCNCCCn2ccnc2)cc1. The molecular weight excluding hydrogens is 542 g/mol. The summed E-state index contributed by atoms with van der Waals surface area (Å²) in [6.45, 7) is 4.71. The Bertz CT molecular complexity index is 1390. The van der Waals surface area contributed by atoms with E-state index in [2.05, 4.69) is 19.9 Å². The van der Waals surface area contributed by atoms with Gasteiger partial charge in [-0.25, -0.2) is 9.78 Å². The van der Waals surface area contributed by atoms with Gasteiger partial charge in [0, 0.05) is 54.2 Å². The first-order valence-electron chi connectivity index (χ1n) is 14.3. The highest BCUT2D eigenvalue weighted by Crippen LogP contribution is 2.39. The second-order valence-electron chi connectivity index (χ2n) is 10.2. The van der Waals surface area contributed by atoms with E-state index in [1.165, 1.54) is 5.56 Å². The zero-order valence-corrected chi connectivity index (χ0v) is 24.2. The van der Waals surface area contributed by atoms with Crippen LogP contribution in [-0.2, 0) is 22.4 Å². The van der Waals surface area contributed by atoms with Crippen molar-refractivity contribution in [3.05, 3.63) is 83.0 Å². The summed E-state index contributed by atoms with van der Waals surface area (Å²) in [6.07, 6.45) is 9.11. The number of ether oxygens (including phenoxy) is 3. The number of nitrogens with one attached hydrogen (secondary N) is 2. The molecule has 0 radical (unpaired) electrons. The summed E-state index contributed by atoms with van der Waals surface area (Å²) >= 11 is 6.32. The number of nitrogens with zero attached hydrogens (tertiary/aromatic N) is 3. The lowest BCUT2D eigenvalue weighted by Gasteiger charge is -2.35. The largest absolute Gasteiger partial charge is 0.494 e. The summed E-state index contributed by atoms with van der Waals surface area (Å²) in [5.74, 6) is 0.815. The first-order valence-corrected chi connectivity index (χ1v) is 14.6. The number of carbonyl (C=O) groups is 1. The Labute approximate surface area is 245 Å². The van der Waals surface area contributed by atoms with Crippen molar-refractivity contribution < 1.29 is 19.0 Å². The van der Waals surface area contributed by atoms with Gasteiger partial charge in [-0.15, -0.1) is 0 Å². The van der Waals surface area contributed by atoms with Crippen molar-refractivity contribution in [2.24, 2.45) is 0 Å². The molecule has 3 heterocycles. The van der Waals surface area contributed by atoms with Crippen LogP contribution in [0.1, 0.15) is 42.1 Å².